The van der Waals surface area contributed by atoms with Crippen LogP contribution in [-0.4, -0.2) is 45.0 Å². The lowest BCUT2D eigenvalue weighted by atomic mass is 9.93. The molecular formula is C24H25FN4O3. The minimum absolute atomic E-state index is 0.119. The summed E-state index contributed by atoms with van der Waals surface area (Å²) >= 11 is 0. The van der Waals surface area contributed by atoms with Crippen LogP contribution in [0.4, 0.5) is 4.39 Å². The zero-order valence-corrected chi connectivity index (χ0v) is 17.7. The predicted molar refractivity (Wildman–Crippen MR) is 114 cm³/mol. The van der Waals surface area contributed by atoms with Crippen LogP contribution in [0.5, 0.6) is 5.75 Å². The molecule has 0 bridgehead atoms. The van der Waals surface area contributed by atoms with E-state index in [1.165, 1.54) is 23.3 Å². The molecule has 3 heterocycles. The lowest BCUT2D eigenvalue weighted by Gasteiger charge is -2.37. The molecule has 1 amide bonds. The molecule has 3 aromatic rings. The van der Waals surface area contributed by atoms with Crippen LogP contribution in [0.2, 0.25) is 0 Å². The molecule has 166 valence electrons. The number of carbonyl (C=O) groups excluding carboxylic acids is 1. The molecule has 5 rings (SSSR count). The molecule has 7 nitrogen and oxygen atoms in total. The van der Waals surface area contributed by atoms with Crippen molar-refractivity contribution in [2.24, 2.45) is 0 Å². The van der Waals surface area contributed by atoms with Crippen LogP contribution < -0.4 is 4.74 Å². The maximum absolute atomic E-state index is 13.3. The molecule has 0 N–H and O–H groups in total. The number of amides is 1. The third-order valence-corrected chi connectivity index (χ3v) is 6.08. The summed E-state index contributed by atoms with van der Waals surface area (Å²) in [5, 5.41) is 4.00. The van der Waals surface area contributed by atoms with Crippen LogP contribution in [0.25, 0.3) is 0 Å². The first kappa shape index (κ1) is 20.6. The zero-order chi connectivity index (χ0) is 21.9. The average Bonchev–Trinajstić information content (AvgIpc) is 3.50. The highest BCUT2D eigenvalue weighted by molar-refractivity contribution is 5.82. The van der Waals surface area contributed by atoms with Gasteiger partial charge in [-0.15, -0.1) is 0 Å². The summed E-state index contributed by atoms with van der Waals surface area (Å²) in [6.07, 6.45) is 2.81. The Morgan fingerprint density at radius 1 is 1.09 bits per heavy atom. The Labute approximate surface area is 185 Å². The second kappa shape index (κ2) is 9.08. The van der Waals surface area contributed by atoms with E-state index in [-0.39, 0.29) is 24.4 Å². The molecule has 2 aliphatic rings. The highest BCUT2D eigenvalue weighted by Crippen LogP contribution is 2.27. The quantitative estimate of drug-likeness (QED) is 0.590. The topological polar surface area (TPSA) is 71.7 Å². The maximum atomic E-state index is 13.3. The molecule has 1 fully saturated rings. The fraction of sp³-hybridized carbons (Fsp3) is 0.375. The molecule has 0 spiro atoms. The highest BCUT2D eigenvalue weighted by Gasteiger charge is 2.35. The number of ether oxygens (including phenoxy) is 1. The number of hydrogen-bond donors (Lipinski definition) is 0. The van der Waals surface area contributed by atoms with Crippen molar-refractivity contribution in [2.45, 2.75) is 45.0 Å². The van der Waals surface area contributed by atoms with Gasteiger partial charge in [0.15, 0.2) is 6.61 Å². The van der Waals surface area contributed by atoms with E-state index in [9.17, 15) is 9.18 Å². The molecule has 8 heteroatoms. The van der Waals surface area contributed by atoms with Crippen LogP contribution in [0.3, 0.4) is 0 Å². The van der Waals surface area contributed by atoms with Gasteiger partial charge in [0.05, 0.1) is 12.6 Å². The van der Waals surface area contributed by atoms with Gasteiger partial charge in [-0.3, -0.25) is 9.69 Å². The first-order valence-electron chi connectivity index (χ1n) is 10.9. The molecule has 1 atom stereocenters. The van der Waals surface area contributed by atoms with Gasteiger partial charge in [-0.1, -0.05) is 29.4 Å². The number of hydrogen-bond acceptors (Lipinski definition) is 6. The molecular weight excluding hydrogens is 411 g/mol. The summed E-state index contributed by atoms with van der Waals surface area (Å²) in [6.45, 7) is 2.83. The van der Waals surface area contributed by atoms with Crippen LogP contribution >= 0.6 is 0 Å². The smallest absolute Gasteiger partial charge is 0.240 e. The van der Waals surface area contributed by atoms with Gasteiger partial charge in [-0.25, -0.2) is 4.39 Å². The van der Waals surface area contributed by atoms with E-state index in [4.69, 9.17) is 9.26 Å². The zero-order valence-electron chi connectivity index (χ0n) is 17.7. The van der Waals surface area contributed by atoms with E-state index in [1.54, 1.807) is 12.1 Å². The third kappa shape index (κ3) is 4.50. The monoisotopic (exact) mass is 436 g/mol. The Hall–Kier alpha value is -3.26. The lowest BCUT2D eigenvalue weighted by molar-refractivity contribution is -0.137. The molecule has 1 saturated heterocycles. The summed E-state index contributed by atoms with van der Waals surface area (Å²) in [5.74, 6) is 1.24. The van der Waals surface area contributed by atoms with Gasteiger partial charge in [-0.2, -0.15) is 4.98 Å². The number of likely N-dealkylation sites (tertiary alicyclic amines) is 1. The van der Waals surface area contributed by atoms with Crippen molar-refractivity contribution < 1.29 is 18.4 Å². The number of carbonyl (C=O) groups is 1. The van der Waals surface area contributed by atoms with E-state index in [2.05, 4.69) is 27.2 Å². The van der Waals surface area contributed by atoms with Crippen molar-refractivity contribution in [3.63, 3.8) is 0 Å². The predicted octanol–water partition coefficient (Wildman–Crippen LogP) is 3.34. The van der Waals surface area contributed by atoms with Gasteiger partial charge in [-0.05, 0) is 54.7 Å². The number of rotatable bonds is 6. The number of aromatic nitrogens is 2. The minimum Gasteiger partial charge on any atom is -0.485 e. The van der Waals surface area contributed by atoms with Crippen LogP contribution in [0.1, 0.15) is 35.7 Å². The Kier molecular flexibility index (Phi) is 5.85. The van der Waals surface area contributed by atoms with E-state index in [1.807, 2.05) is 17.0 Å². The van der Waals surface area contributed by atoms with Gasteiger partial charge in [0.1, 0.15) is 11.6 Å². The Balaban J connectivity index is 1.29. The molecule has 0 saturated carbocycles. The number of halogens is 1. The summed E-state index contributed by atoms with van der Waals surface area (Å²) in [7, 11) is 0. The standard InChI is InChI=1S/C24H25FN4O3/c25-19-7-9-20(10-8-19)31-16-22-26-23(32-27-22)15-29-14-18-6-2-1-5-17(18)13-21(29)24(30)28-11-3-4-12-28/h1-2,5-10,21H,3-4,11-16H2/t21-/m0/s1. The van der Waals surface area contributed by atoms with E-state index in [0.29, 0.717) is 37.0 Å². The number of benzene rings is 2. The third-order valence-electron chi connectivity index (χ3n) is 6.08. The Bertz CT molecular complexity index is 1080. The van der Waals surface area contributed by atoms with E-state index < -0.39 is 0 Å². The summed E-state index contributed by atoms with van der Waals surface area (Å²) in [6, 6.07) is 13.8. The van der Waals surface area contributed by atoms with Crippen LogP contribution in [-0.2, 0) is 30.9 Å². The van der Waals surface area contributed by atoms with Crippen molar-refractivity contribution in [1.29, 1.82) is 0 Å². The van der Waals surface area contributed by atoms with Crippen LogP contribution in [0.15, 0.2) is 53.1 Å². The second-order valence-electron chi connectivity index (χ2n) is 8.27. The fourth-order valence-electron chi connectivity index (χ4n) is 4.40. The molecule has 32 heavy (non-hydrogen) atoms. The number of fused-ring (bicyclic) bond motifs is 1. The van der Waals surface area contributed by atoms with Crippen molar-refractivity contribution >= 4 is 5.91 Å². The molecule has 2 aromatic carbocycles. The minimum atomic E-state index is -0.319. The van der Waals surface area contributed by atoms with Gasteiger partial charge in [0, 0.05) is 19.6 Å². The van der Waals surface area contributed by atoms with Crippen molar-refractivity contribution in [2.75, 3.05) is 13.1 Å². The lowest BCUT2D eigenvalue weighted by Crippen LogP contribution is -2.50. The highest BCUT2D eigenvalue weighted by atomic mass is 19.1. The summed E-state index contributed by atoms with van der Waals surface area (Å²) in [4.78, 5) is 21.8. The first-order chi connectivity index (χ1) is 15.7. The van der Waals surface area contributed by atoms with Crippen LogP contribution in [0, 0.1) is 5.82 Å². The molecule has 1 aromatic heterocycles. The van der Waals surface area contributed by atoms with E-state index in [0.717, 1.165) is 25.9 Å². The van der Waals surface area contributed by atoms with Gasteiger partial charge in [0.2, 0.25) is 17.6 Å². The maximum Gasteiger partial charge on any atom is 0.240 e. The van der Waals surface area contributed by atoms with Crippen molar-refractivity contribution in [3.8, 4) is 5.75 Å². The van der Waals surface area contributed by atoms with E-state index >= 15 is 0 Å². The van der Waals surface area contributed by atoms with Gasteiger partial charge < -0.3 is 14.2 Å². The average molecular weight is 436 g/mol. The Morgan fingerprint density at radius 2 is 1.84 bits per heavy atom. The van der Waals surface area contributed by atoms with Gasteiger partial charge >= 0.3 is 0 Å². The molecule has 2 aliphatic heterocycles. The summed E-state index contributed by atoms with van der Waals surface area (Å²) < 4.78 is 24.1. The number of nitrogens with zero attached hydrogens (tertiary/aromatic N) is 4. The molecule has 0 unspecified atom stereocenters. The van der Waals surface area contributed by atoms with Crippen molar-refractivity contribution in [3.05, 3.63) is 77.2 Å². The second-order valence-corrected chi connectivity index (χ2v) is 8.27. The summed E-state index contributed by atoms with van der Waals surface area (Å²) in [5.41, 5.74) is 2.44. The fourth-order valence-corrected chi connectivity index (χ4v) is 4.40. The first-order valence-corrected chi connectivity index (χ1v) is 10.9. The largest absolute Gasteiger partial charge is 0.485 e. The van der Waals surface area contributed by atoms with Gasteiger partial charge in [0.25, 0.3) is 0 Å². The van der Waals surface area contributed by atoms with Crippen molar-refractivity contribution in [1.82, 2.24) is 19.9 Å². The normalized spacial score (nSPS) is 18.5. The SMILES string of the molecule is O=C([C@@H]1Cc2ccccc2CN1Cc1nc(COc2ccc(F)cc2)no1)N1CCCC1. The molecule has 0 aliphatic carbocycles. The Morgan fingerprint density at radius 3 is 2.62 bits per heavy atom. The molecule has 0 radical (unpaired) electrons.